The van der Waals surface area contributed by atoms with E-state index in [2.05, 4.69) is 43.0 Å². The molecule has 1 aromatic carbocycles. The molecule has 0 N–H and O–H groups in total. The lowest BCUT2D eigenvalue weighted by Gasteiger charge is -1.97. The highest BCUT2D eigenvalue weighted by Gasteiger charge is 1.97. The molecule has 0 amide bonds. The second-order valence-electron chi connectivity index (χ2n) is 2.95. The van der Waals surface area contributed by atoms with Crippen LogP contribution in [0, 0.1) is 6.92 Å². The molecule has 0 fully saturated rings. The molecule has 1 aliphatic rings. The molecule has 0 bridgehead atoms. The molecule has 58 valence electrons. The lowest BCUT2D eigenvalue weighted by atomic mass is 10.1. The summed E-state index contributed by atoms with van der Waals surface area (Å²) in [5.74, 6) is 0. The van der Waals surface area contributed by atoms with Crippen LogP contribution in [0.4, 0.5) is 0 Å². The number of hydrogen-bond donors (Lipinski definition) is 0. The Kier molecular flexibility index (Phi) is 1.69. The van der Waals surface area contributed by atoms with Gasteiger partial charge in [-0.15, -0.1) is 5.73 Å². The standard InChI is InChI=1S/C12H10/c1-10-6-8-12(9-7-10)11-4-2-3-5-11/h2-4,6-9H,1H3. The fourth-order valence-electron chi connectivity index (χ4n) is 1.24. The van der Waals surface area contributed by atoms with Crippen molar-refractivity contribution in [3.05, 3.63) is 59.4 Å². The molecule has 0 saturated carbocycles. The maximum atomic E-state index is 3.17. The predicted octanol–water partition coefficient (Wildman–Crippen LogP) is 3.10. The summed E-state index contributed by atoms with van der Waals surface area (Å²) in [7, 11) is 0. The lowest BCUT2D eigenvalue weighted by molar-refractivity contribution is 1.46. The van der Waals surface area contributed by atoms with E-state index in [4.69, 9.17) is 0 Å². The van der Waals surface area contributed by atoms with Gasteiger partial charge in [-0.05, 0) is 24.6 Å². The smallest absolute Gasteiger partial charge is 0.0237 e. The monoisotopic (exact) mass is 154 g/mol. The third-order valence-electron chi connectivity index (χ3n) is 1.96. The first-order chi connectivity index (χ1) is 5.86. The van der Waals surface area contributed by atoms with E-state index in [-0.39, 0.29) is 0 Å². The zero-order chi connectivity index (χ0) is 8.39. The van der Waals surface area contributed by atoms with Crippen LogP contribution in [-0.2, 0) is 0 Å². The van der Waals surface area contributed by atoms with E-state index in [1.807, 2.05) is 12.2 Å². The SMILES string of the molecule is Cc1ccc(C2=C=CC=C2)cc1. The molecular formula is C12H10. The zero-order valence-corrected chi connectivity index (χ0v) is 7.04. The Hall–Kier alpha value is -1.52. The number of rotatable bonds is 1. The van der Waals surface area contributed by atoms with Crippen LogP contribution in [0.2, 0.25) is 0 Å². The normalized spacial score (nSPS) is 13.6. The molecule has 0 aliphatic heterocycles. The van der Waals surface area contributed by atoms with Gasteiger partial charge in [0.15, 0.2) is 0 Å². The molecule has 0 saturated heterocycles. The van der Waals surface area contributed by atoms with Gasteiger partial charge >= 0.3 is 0 Å². The van der Waals surface area contributed by atoms with Crippen molar-refractivity contribution in [2.45, 2.75) is 6.92 Å². The van der Waals surface area contributed by atoms with Crippen LogP contribution >= 0.6 is 0 Å². The van der Waals surface area contributed by atoms with Crippen LogP contribution in [0.3, 0.4) is 0 Å². The Bertz CT molecular complexity index is 371. The second kappa shape index (κ2) is 2.84. The van der Waals surface area contributed by atoms with Crippen molar-refractivity contribution in [2.24, 2.45) is 0 Å². The van der Waals surface area contributed by atoms with Gasteiger partial charge in [0.1, 0.15) is 0 Å². The van der Waals surface area contributed by atoms with Crippen LogP contribution in [0.5, 0.6) is 0 Å². The van der Waals surface area contributed by atoms with Crippen molar-refractivity contribution < 1.29 is 0 Å². The minimum Gasteiger partial charge on any atom is -0.112 e. The van der Waals surface area contributed by atoms with Gasteiger partial charge in [0.2, 0.25) is 0 Å². The Morgan fingerprint density at radius 3 is 2.42 bits per heavy atom. The molecule has 1 aromatic rings. The van der Waals surface area contributed by atoms with Gasteiger partial charge in [-0.1, -0.05) is 35.9 Å². The average molecular weight is 154 g/mol. The highest BCUT2D eigenvalue weighted by atomic mass is 14.0. The zero-order valence-electron chi connectivity index (χ0n) is 7.04. The van der Waals surface area contributed by atoms with E-state index < -0.39 is 0 Å². The van der Waals surface area contributed by atoms with Crippen molar-refractivity contribution >= 4 is 5.57 Å². The van der Waals surface area contributed by atoms with Crippen LogP contribution in [-0.4, -0.2) is 0 Å². The van der Waals surface area contributed by atoms with E-state index >= 15 is 0 Å². The Morgan fingerprint density at radius 2 is 1.83 bits per heavy atom. The quantitative estimate of drug-likeness (QED) is 0.545. The number of benzene rings is 1. The van der Waals surface area contributed by atoms with Gasteiger partial charge in [-0.3, -0.25) is 0 Å². The fraction of sp³-hybridized carbons (Fsp3) is 0.0833. The third-order valence-corrected chi connectivity index (χ3v) is 1.96. The Labute approximate surface area is 72.5 Å². The lowest BCUT2D eigenvalue weighted by Crippen LogP contribution is -1.78. The average Bonchev–Trinajstić information content (AvgIpc) is 2.58. The minimum atomic E-state index is 1.18. The van der Waals surface area contributed by atoms with E-state index in [0.717, 1.165) is 0 Å². The molecule has 0 atom stereocenters. The first kappa shape index (κ1) is 7.15. The maximum absolute atomic E-state index is 3.17. The highest BCUT2D eigenvalue weighted by Crippen LogP contribution is 2.17. The first-order valence-corrected chi connectivity index (χ1v) is 4.07. The van der Waals surface area contributed by atoms with Gasteiger partial charge in [0.05, 0.1) is 0 Å². The molecule has 0 unspecified atom stereocenters. The van der Waals surface area contributed by atoms with E-state index in [9.17, 15) is 0 Å². The van der Waals surface area contributed by atoms with Crippen molar-refractivity contribution in [3.8, 4) is 0 Å². The Balaban J connectivity index is 2.42. The second-order valence-corrected chi connectivity index (χ2v) is 2.95. The molecule has 0 nitrogen and oxygen atoms in total. The predicted molar refractivity (Wildman–Crippen MR) is 51.8 cm³/mol. The van der Waals surface area contributed by atoms with E-state index in [1.54, 1.807) is 0 Å². The van der Waals surface area contributed by atoms with Gasteiger partial charge < -0.3 is 0 Å². The number of aryl methyl sites for hydroxylation is 1. The molecule has 0 spiro atoms. The number of allylic oxidation sites excluding steroid dienone is 3. The van der Waals surface area contributed by atoms with Gasteiger partial charge in [-0.2, -0.15) is 0 Å². The van der Waals surface area contributed by atoms with Gasteiger partial charge in [-0.25, -0.2) is 0 Å². The van der Waals surface area contributed by atoms with Crippen molar-refractivity contribution in [2.75, 3.05) is 0 Å². The molecule has 0 aromatic heterocycles. The summed E-state index contributed by atoms with van der Waals surface area (Å²) in [6, 6.07) is 8.49. The summed E-state index contributed by atoms with van der Waals surface area (Å²) in [6.07, 6.45) is 6.02. The van der Waals surface area contributed by atoms with Crippen LogP contribution in [0.1, 0.15) is 11.1 Å². The van der Waals surface area contributed by atoms with Gasteiger partial charge in [0.25, 0.3) is 0 Å². The van der Waals surface area contributed by atoms with Crippen molar-refractivity contribution in [1.29, 1.82) is 0 Å². The van der Waals surface area contributed by atoms with E-state index in [0.29, 0.717) is 0 Å². The fourth-order valence-corrected chi connectivity index (χ4v) is 1.24. The van der Waals surface area contributed by atoms with Crippen molar-refractivity contribution in [3.63, 3.8) is 0 Å². The van der Waals surface area contributed by atoms with Crippen molar-refractivity contribution in [1.82, 2.24) is 0 Å². The van der Waals surface area contributed by atoms with E-state index in [1.165, 1.54) is 16.7 Å². The summed E-state index contributed by atoms with van der Waals surface area (Å²) >= 11 is 0. The molecule has 0 radical (unpaired) electrons. The molecular weight excluding hydrogens is 144 g/mol. The van der Waals surface area contributed by atoms with Crippen LogP contribution < -0.4 is 0 Å². The maximum Gasteiger partial charge on any atom is 0.0237 e. The molecule has 0 heteroatoms. The largest absolute Gasteiger partial charge is 0.112 e. The summed E-state index contributed by atoms with van der Waals surface area (Å²) in [5.41, 5.74) is 6.89. The minimum absolute atomic E-state index is 1.18. The molecule has 1 aliphatic carbocycles. The summed E-state index contributed by atoms with van der Waals surface area (Å²) in [5, 5.41) is 0. The molecule has 2 rings (SSSR count). The first-order valence-electron chi connectivity index (χ1n) is 4.07. The molecule has 0 heterocycles. The molecule has 12 heavy (non-hydrogen) atoms. The summed E-state index contributed by atoms with van der Waals surface area (Å²) in [4.78, 5) is 0. The van der Waals surface area contributed by atoms with Crippen LogP contribution in [0.15, 0.2) is 48.2 Å². The summed E-state index contributed by atoms with van der Waals surface area (Å²) < 4.78 is 0. The van der Waals surface area contributed by atoms with Gasteiger partial charge in [0, 0.05) is 5.57 Å². The number of hydrogen-bond acceptors (Lipinski definition) is 0. The highest BCUT2D eigenvalue weighted by molar-refractivity contribution is 5.76. The van der Waals surface area contributed by atoms with Crippen LogP contribution in [0.25, 0.3) is 5.57 Å². The Morgan fingerprint density at radius 1 is 1.08 bits per heavy atom. The summed E-state index contributed by atoms with van der Waals surface area (Å²) in [6.45, 7) is 2.10. The topological polar surface area (TPSA) is 0 Å². The third kappa shape index (κ3) is 1.25.